The predicted molar refractivity (Wildman–Crippen MR) is 73.6 cm³/mol. The first-order valence-electron chi connectivity index (χ1n) is 6.65. The van der Waals surface area contributed by atoms with E-state index in [1.165, 1.54) is 22.2 Å². The Morgan fingerprint density at radius 3 is 3.00 bits per heavy atom. The van der Waals surface area contributed by atoms with E-state index in [9.17, 15) is 5.11 Å². The third-order valence-electron chi connectivity index (χ3n) is 3.88. The first kappa shape index (κ1) is 11.8. The van der Waals surface area contributed by atoms with Crippen LogP contribution in [0, 0.1) is 0 Å². The minimum absolute atomic E-state index is 0.265. The summed E-state index contributed by atoms with van der Waals surface area (Å²) >= 11 is 0. The van der Waals surface area contributed by atoms with E-state index in [4.69, 9.17) is 0 Å². The molecule has 0 saturated heterocycles. The molecule has 0 saturated carbocycles. The van der Waals surface area contributed by atoms with Crippen molar-refractivity contribution in [3.05, 3.63) is 35.5 Å². The second-order valence-electron chi connectivity index (χ2n) is 5.46. The number of H-pyrrole nitrogens is 1. The highest BCUT2D eigenvalue weighted by atomic mass is 16.3. The van der Waals surface area contributed by atoms with Gasteiger partial charge in [-0.1, -0.05) is 18.2 Å². The number of aliphatic hydroxyl groups excluding tert-OH is 1. The van der Waals surface area contributed by atoms with E-state index in [0.29, 0.717) is 6.04 Å². The summed E-state index contributed by atoms with van der Waals surface area (Å²) in [5, 5.41) is 10.9. The average molecular weight is 244 g/mol. The van der Waals surface area contributed by atoms with Gasteiger partial charge in [-0.15, -0.1) is 0 Å². The monoisotopic (exact) mass is 244 g/mol. The zero-order valence-corrected chi connectivity index (χ0v) is 11.0. The Hall–Kier alpha value is -1.32. The van der Waals surface area contributed by atoms with E-state index in [1.54, 1.807) is 0 Å². The molecule has 0 fully saturated rings. The molecule has 0 spiro atoms. The lowest BCUT2D eigenvalue weighted by atomic mass is 9.97. The second kappa shape index (κ2) is 4.41. The van der Waals surface area contributed by atoms with Gasteiger partial charge in [-0.05, 0) is 31.9 Å². The molecular formula is C15H20N2O. The van der Waals surface area contributed by atoms with Crippen LogP contribution in [0.1, 0.15) is 25.1 Å². The maximum Gasteiger partial charge on any atom is 0.0639 e. The summed E-state index contributed by atoms with van der Waals surface area (Å²) in [4.78, 5) is 5.87. The van der Waals surface area contributed by atoms with E-state index in [-0.39, 0.29) is 6.10 Å². The maximum absolute atomic E-state index is 9.56. The molecule has 1 aromatic heterocycles. The molecule has 1 aliphatic rings. The molecule has 2 atom stereocenters. The molecule has 96 valence electrons. The zero-order chi connectivity index (χ0) is 12.7. The van der Waals surface area contributed by atoms with Crippen LogP contribution in [0.15, 0.2) is 24.3 Å². The van der Waals surface area contributed by atoms with Crippen molar-refractivity contribution in [3.8, 4) is 0 Å². The molecule has 0 radical (unpaired) electrons. The number of aromatic nitrogens is 1. The lowest BCUT2D eigenvalue weighted by molar-refractivity contribution is 0.0907. The minimum atomic E-state index is -0.265. The van der Waals surface area contributed by atoms with Crippen LogP contribution in [0.25, 0.3) is 10.9 Å². The first-order chi connectivity index (χ1) is 8.65. The predicted octanol–water partition coefficient (Wildman–Crippen LogP) is 2.30. The van der Waals surface area contributed by atoms with Crippen molar-refractivity contribution >= 4 is 10.9 Å². The summed E-state index contributed by atoms with van der Waals surface area (Å²) in [5.41, 5.74) is 4.00. The van der Waals surface area contributed by atoms with Gasteiger partial charge in [-0.2, -0.15) is 0 Å². The highest BCUT2D eigenvalue weighted by Crippen LogP contribution is 2.29. The average Bonchev–Trinajstić information content (AvgIpc) is 2.67. The number of aromatic amines is 1. The zero-order valence-electron chi connectivity index (χ0n) is 11.0. The van der Waals surface area contributed by atoms with Crippen molar-refractivity contribution in [3.63, 3.8) is 0 Å². The van der Waals surface area contributed by atoms with Gasteiger partial charge < -0.3 is 10.1 Å². The van der Waals surface area contributed by atoms with Gasteiger partial charge in [0.15, 0.2) is 0 Å². The number of β-amino-alcohol motifs (C(OH)–C–C–N with tert-alkyl or cyclic N) is 1. The molecule has 2 aromatic rings. The second-order valence-corrected chi connectivity index (χ2v) is 5.46. The number of para-hydroxylation sites is 1. The number of aliphatic hydroxyl groups is 1. The number of nitrogens with zero attached hydrogens (tertiary/aromatic N) is 1. The lowest BCUT2D eigenvalue weighted by Gasteiger charge is -2.34. The molecule has 0 unspecified atom stereocenters. The molecule has 3 nitrogen and oxygen atoms in total. The lowest BCUT2D eigenvalue weighted by Crippen LogP contribution is -2.41. The molecule has 3 rings (SSSR count). The van der Waals surface area contributed by atoms with Gasteiger partial charge in [-0.25, -0.2) is 0 Å². The van der Waals surface area contributed by atoms with Gasteiger partial charge in [0, 0.05) is 35.7 Å². The summed E-state index contributed by atoms with van der Waals surface area (Å²) in [7, 11) is 0. The number of benzene rings is 1. The van der Waals surface area contributed by atoms with Crippen molar-refractivity contribution in [2.45, 2.75) is 39.0 Å². The van der Waals surface area contributed by atoms with E-state index in [1.807, 2.05) is 6.92 Å². The Kier molecular flexibility index (Phi) is 2.88. The third-order valence-corrected chi connectivity index (χ3v) is 3.88. The summed E-state index contributed by atoms with van der Waals surface area (Å²) in [5.74, 6) is 0. The summed E-state index contributed by atoms with van der Waals surface area (Å²) in [6, 6.07) is 9.00. The molecule has 2 N–H and O–H groups in total. The Bertz CT molecular complexity index is 559. The van der Waals surface area contributed by atoms with Gasteiger partial charge >= 0.3 is 0 Å². The smallest absolute Gasteiger partial charge is 0.0639 e. The van der Waals surface area contributed by atoms with Crippen LogP contribution >= 0.6 is 0 Å². The van der Waals surface area contributed by atoms with Crippen molar-refractivity contribution in [2.75, 3.05) is 6.54 Å². The van der Waals surface area contributed by atoms with Crippen LogP contribution in [0.5, 0.6) is 0 Å². The SMILES string of the molecule is C[C@@H]1Cc2c([nH]c3ccccc23)CN1C[C@@H](C)O. The topological polar surface area (TPSA) is 39.3 Å². The molecule has 18 heavy (non-hydrogen) atoms. The van der Waals surface area contributed by atoms with Crippen molar-refractivity contribution in [2.24, 2.45) is 0 Å². The van der Waals surface area contributed by atoms with Crippen LogP contribution < -0.4 is 0 Å². The highest BCUT2D eigenvalue weighted by Gasteiger charge is 2.26. The first-order valence-corrected chi connectivity index (χ1v) is 6.65. The van der Waals surface area contributed by atoms with Gasteiger partial charge in [0.2, 0.25) is 0 Å². The third kappa shape index (κ3) is 1.93. The number of fused-ring (bicyclic) bond motifs is 3. The van der Waals surface area contributed by atoms with E-state index in [2.05, 4.69) is 41.1 Å². The molecule has 0 bridgehead atoms. The van der Waals surface area contributed by atoms with Crippen LogP contribution in [0.2, 0.25) is 0 Å². The fourth-order valence-corrected chi connectivity index (χ4v) is 2.99. The number of nitrogens with one attached hydrogen (secondary N) is 1. The van der Waals surface area contributed by atoms with Crippen LogP contribution in [0.4, 0.5) is 0 Å². The maximum atomic E-state index is 9.56. The van der Waals surface area contributed by atoms with Crippen molar-refractivity contribution in [1.29, 1.82) is 0 Å². The number of hydrogen-bond donors (Lipinski definition) is 2. The van der Waals surface area contributed by atoms with Crippen LogP contribution in [-0.4, -0.2) is 33.7 Å². The summed E-state index contributed by atoms with van der Waals surface area (Å²) in [6.45, 7) is 5.76. The molecule has 1 aromatic carbocycles. The minimum Gasteiger partial charge on any atom is -0.392 e. The molecule has 3 heteroatoms. The fourth-order valence-electron chi connectivity index (χ4n) is 2.99. The Balaban J connectivity index is 1.97. The molecular weight excluding hydrogens is 224 g/mol. The van der Waals surface area contributed by atoms with Crippen molar-refractivity contribution in [1.82, 2.24) is 9.88 Å². The largest absolute Gasteiger partial charge is 0.392 e. The van der Waals surface area contributed by atoms with Gasteiger partial charge in [-0.3, -0.25) is 4.90 Å². The number of hydrogen-bond acceptors (Lipinski definition) is 2. The van der Waals surface area contributed by atoms with E-state index < -0.39 is 0 Å². The quantitative estimate of drug-likeness (QED) is 0.851. The fraction of sp³-hybridized carbons (Fsp3) is 0.467. The Labute approximate surface area is 107 Å². The molecule has 1 aliphatic heterocycles. The van der Waals surface area contributed by atoms with Gasteiger partial charge in [0.1, 0.15) is 0 Å². The van der Waals surface area contributed by atoms with Crippen molar-refractivity contribution < 1.29 is 5.11 Å². The Morgan fingerprint density at radius 1 is 1.44 bits per heavy atom. The molecule has 2 heterocycles. The van der Waals surface area contributed by atoms with Crippen LogP contribution in [-0.2, 0) is 13.0 Å². The Morgan fingerprint density at radius 2 is 2.22 bits per heavy atom. The van der Waals surface area contributed by atoms with E-state index >= 15 is 0 Å². The van der Waals surface area contributed by atoms with Gasteiger partial charge in [0.25, 0.3) is 0 Å². The highest BCUT2D eigenvalue weighted by molar-refractivity contribution is 5.84. The number of rotatable bonds is 2. The van der Waals surface area contributed by atoms with Crippen LogP contribution in [0.3, 0.4) is 0 Å². The standard InChI is InChI=1S/C15H20N2O/c1-10-7-13-12-5-3-4-6-14(12)16-15(13)9-17(10)8-11(2)18/h3-6,10-11,16,18H,7-9H2,1-2H3/t10-,11-/m1/s1. The van der Waals surface area contributed by atoms with E-state index in [0.717, 1.165) is 19.5 Å². The molecule has 0 amide bonds. The summed E-state index contributed by atoms with van der Waals surface area (Å²) in [6.07, 6.45) is 0.796. The molecule has 0 aliphatic carbocycles. The van der Waals surface area contributed by atoms with Gasteiger partial charge in [0.05, 0.1) is 6.10 Å². The normalized spacial score (nSPS) is 22.1. The summed E-state index contributed by atoms with van der Waals surface area (Å²) < 4.78 is 0.